The quantitative estimate of drug-likeness (QED) is 0.766. The number of urea groups is 1. The molecule has 2 amide bonds. The van der Waals surface area contributed by atoms with E-state index in [9.17, 15) is 9.90 Å². The molecule has 0 spiro atoms. The molecule has 5 nitrogen and oxygen atoms in total. The number of rotatable bonds is 5. The first kappa shape index (κ1) is 14.8. The lowest BCUT2D eigenvalue weighted by Crippen LogP contribution is -2.46. The van der Waals surface area contributed by atoms with Crippen molar-refractivity contribution in [1.29, 1.82) is 0 Å². The molecule has 5 heteroatoms. The number of hydrogen-bond donors (Lipinski definition) is 3. The van der Waals surface area contributed by atoms with Gasteiger partial charge in [0, 0.05) is 13.2 Å². The highest BCUT2D eigenvalue weighted by Crippen LogP contribution is 2.23. The zero-order chi connectivity index (χ0) is 14.4. The summed E-state index contributed by atoms with van der Waals surface area (Å²) in [4.78, 5) is 11.9. The topological polar surface area (TPSA) is 70.6 Å². The molecule has 1 aliphatic rings. The summed E-state index contributed by atoms with van der Waals surface area (Å²) in [6.45, 7) is 3.10. The molecule has 20 heavy (non-hydrogen) atoms. The number of hydrogen-bond acceptors (Lipinski definition) is 3. The van der Waals surface area contributed by atoms with Crippen molar-refractivity contribution in [2.45, 2.75) is 31.4 Å². The number of carbonyl (C=O) groups is 1. The van der Waals surface area contributed by atoms with Gasteiger partial charge in [-0.05, 0) is 25.3 Å². The summed E-state index contributed by atoms with van der Waals surface area (Å²) in [7, 11) is 0. The van der Waals surface area contributed by atoms with Crippen LogP contribution in [0, 0.1) is 0 Å². The average Bonchev–Trinajstić information content (AvgIpc) is 2.91. The lowest BCUT2D eigenvalue weighted by molar-refractivity contribution is 0.0228. The molecule has 1 saturated heterocycles. The van der Waals surface area contributed by atoms with Crippen LogP contribution in [0.15, 0.2) is 30.3 Å². The SMILES string of the molecule is CC1(CNC(=O)N[C@H](CO)c2ccccc2)CCCO1. The molecular formula is C15H22N2O3. The van der Waals surface area contributed by atoms with Crippen LogP contribution in [0.4, 0.5) is 4.79 Å². The van der Waals surface area contributed by atoms with Gasteiger partial charge in [-0.15, -0.1) is 0 Å². The Labute approximate surface area is 119 Å². The number of benzene rings is 1. The van der Waals surface area contributed by atoms with Crippen molar-refractivity contribution < 1.29 is 14.6 Å². The fourth-order valence-electron chi connectivity index (χ4n) is 2.37. The van der Waals surface area contributed by atoms with Crippen LogP contribution in [0.1, 0.15) is 31.4 Å². The molecule has 0 aliphatic carbocycles. The molecule has 1 unspecified atom stereocenters. The Balaban J connectivity index is 1.83. The van der Waals surface area contributed by atoms with Crippen LogP contribution >= 0.6 is 0 Å². The fourth-order valence-corrected chi connectivity index (χ4v) is 2.37. The van der Waals surface area contributed by atoms with Gasteiger partial charge < -0.3 is 20.5 Å². The second-order valence-corrected chi connectivity index (χ2v) is 5.37. The van der Waals surface area contributed by atoms with E-state index in [0.717, 1.165) is 25.0 Å². The van der Waals surface area contributed by atoms with Crippen LogP contribution in [-0.2, 0) is 4.74 Å². The third-order valence-electron chi connectivity index (χ3n) is 3.61. The van der Waals surface area contributed by atoms with Gasteiger partial charge in [-0.3, -0.25) is 0 Å². The van der Waals surface area contributed by atoms with Gasteiger partial charge in [0.25, 0.3) is 0 Å². The molecular weight excluding hydrogens is 256 g/mol. The predicted octanol–water partition coefficient (Wildman–Crippen LogP) is 1.59. The van der Waals surface area contributed by atoms with E-state index in [1.165, 1.54) is 0 Å². The zero-order valence-corrected chi connectivity index (χ0v) is 11.8. The maximum atomic E-state index is 11.9. The van der Waals surface area contributed by atoms with Gasteiger partial charge in [0.1, 0.15) is 0 Å². The van der Waals surface area contributed by atoms with Crippen molar-refractivity contribution in [2.24, 2.45) is 0 Å². The predicted molar refractivity (Wildman–Crippen MR) is 76.4 cm³/mol. The molecule has 3 N–H and O–H groups in total. The fraction of sp³-hybridized carbons (Fsp3) is 0.533. The summed E-state index contributed by atoms with van der Waals surface area (Å²) in [6.07, 6.45) is 1.98. The number of aliphatic hydroxyl groups is 1. The summed E-state index contributed by atoms with van der Waals surface area (Å²) in [5.74, 6) is 0. The number of carbonyl (C=O) groups excluding carboxylic acids is 1. The van der Waals surface area contributed by atoms with E-state index in [4.69, 9.17) is 4.74 Å². The Kier molecular flexibility index (Phi) is 4.98. The molecule has 0 saturated carbocycles. The van der Waals surface area contributed by atoms with Crippen molar-refractivity contribution in [1.82, 2.24) is 10.6 Å². The van der Waals surface area contributed by atoms with E-state index in [-0.39, 0.29) is 18.2 Å². The van der Waals surface area contributed by atoms with Crippen LogP contribution in [0.2, 0.25) is 0 Å². The Morgan fingerprint density at radius 2 is 2.20 bits per heavy atom. The first-order chi connectivity index (χ1) is 9.63. The third-order valence-corrected chi connectivity index (χ3v) is 3.61. The molecule has 1 heterocycles. The van der Waals surface area contributed by atoms with Crippen molar-refractivity contribution in [3.8, 4) is 0 Å². The highest BCUT2D eigenvalue weighted by atomic mass is 16.5. The van der Waals surface area contributed by atoms with E-state index in [2.05, 4.69) is 10.6 Å². The van der Waals surface area contributed by atoms with Gasteiger partial charge >= 0.3 is 6.03 Å². The average molecular weight is 278 g/mol. The van der Waals surface area contributed by atoms with Crippen molar-refractivity contribution in [3.63, 3.8) is 0 Å². The molecule has 1 aromatic carbocycles. The van der Waals surface area contributed by atoms with Crippen LogP contribution in [-0.4, -0.2) is 36.5 Å². The van der Waals surface area contributed by atoms with E-state index in [1.54, 1.807) is 0 Å². The van der Waals surface area contributed by atoms with Gasteiger partial charge in [-0.1, -0.05) is 30.3 Å². The summed E-state index contributed by atoms with van der Waals surface area (Å²) >= 11 is 0. The van der Waals surface area contributed by atoms with E-state index in [0.29, 0.717) is 6.54 Å². The molecule has 1 fully saturated rings. The van der Waals surface area contributed by atoms with Gasteiger partial charge in [0.2, 0.25) is 0 Å². The van der Waals surface area contributed by atoms with E-state index < -0.39 is 6.04 Å². The third kappa shape index (κ3) is 3.95. The molecule has 0 aromatic heterocycles. The monoisotopic (exact) mass is 278 g/mol. The Morgan fingerprint density at radius 3 is 2.80 bits per heavy atom. The van der Waals surface area contributed by atoms with Crippen LogP contribution in [0.5, 0.6) is 0 Å². The molecule has 1 aromatic rings. The second-order valence-electron chi connectivity index (χ2n) is 5.37. The highest BCUT2D eigenvalue weighted by molar-refractivity contribution is 5.74. The minimum Gasteiger partial charge on any atom is -0.394 e. The van der Waals surface area contributed by atoms with Crippen LogP contribution in [0.25, 0.3) is 0 Å². The summed E-state index contributed by atoms with van der Waals surface area (Å²) in [5.41, 5.74) is 0.618. The standard InChI is InChI=1S/C15H22N2O3/c1-15(8-5-9-20-15)11-16-14(19)17-13(10-18)12-6-3-2-4-7-12/h2-4,6-7,13,18H,5,8-11H2,1H3,(H2,16,17,19)/t13-,15?/m1/s1. The maximum Gasteiger partial charge on any atom is 0.315 e. The number of amides is 2. The van der Waals surface area contributed by atoms with Gasteiger partial charge in [-0.2, -0.15) is 0 Å². The van der Waals surface area contributed by atoms with Crippen molar-refractivity contribution in [3.05, 3.63) is 35.9 Å². The number of nitrogens with one attached hydrogen (secondary N) is 2. The lowest BCUT2D eigenvalue weighted by Gasteiger charge is -2.24. The number of aliphatic hydroxyl groups excluding tert-OH is 1. The first-order valence-electron chi connectivity index (χ1n) is 6.97. The first-order valence-corrected chi connectivity index (χ1v) is 6.97. The normalized spacial score (nSPS) is 23.3. The Hall–Kier alpha value is -1.59. The zero-order valence-electron chi connectivity index (χ0n) is 11.8. The second kappa shape index (κ2) is 6.72. The van der Waals surface area contributed by atoms with E-state index in [1.807, 2.05) is 37.3 Å². The number of ether oxygens (including phenoxy) is 1. The van der Waals surface area contributed by atoms with Crippen molar-refractivity contribution >= 4 is 6.03 Å². The Bertz CT molecular complexity index is 430. The largest absolute Gasteiger partial charge is 0.394 e. The van der Waals surface area contributed by atoms with Gasteiger partial charge in [-0.25, -0.2) is 4.79 Å². The van der Waals surface area contributed by atoms with E-state index >= 15 is 0 Å². The van der Waals surface area contributed by atoms with Crippen LogP contribution < -0.4 is 10.6 Å². The molecule has 2 rings (SSSR count). The minimum absolute atomic E-state index is 0.134. The molecule has 0 radical (unpaired) electrons. The van der Waals surface area contributed by atoms with Crippen LogP contribution in [0.3, 0.4) is 0 Å². The highest BCUT2D eigenvalue weighted by Gasteiger charge is 2.30. The summed E-state index contributed by atoms with van der Waals surface area (Å²) in [5, 5.41) is 15.0. The summed E-state index contributed by atoms with van der Waals surface area (Å²) in [6, 6.07) is 8.73. The molecule has 110 valence electrons. The van der Waals surface area contributed by atoms with Crippen molar-refractivity contribution in [2.75, 3.05) is 19.8 Å². The molecule has 1 aliphatic heterocycles. The Morgan fingerprint density at radius 1 is 1.45 bits per heavy atom. The smallest absolute Gasteiger partial charge is 0.315 e. The molecule has 0 bridgehead atoms. The maximum absolute atomic E-state index is 11.9. The minimum atomic E-state index is -0.395. The van der Waals surface area contributed by atoms with Gasteiger partial charge in [0.05, 0.1) is 18.2 Å². The lowest BCUT2D eigenvalue weighted by atomic mass is 10.0. The van der Waals surface area contributed by atoms with Gasteiger partial charge in [0.15, 0.2) is 0 Å². The summed E-state index contributed by atoms with van der Waals surface area (Å²) < 4.78 is 5.61. The molecule has 2 atom stereocenters.